The van der Waals surface area contributed by atoms with E-state index in [-0.39, 0.29) is 5.41 Å². The molecule has 1 nitrogen and oxygen atoms in total. The third kappa shape index (κ3) is 2.91. The minimum absolute atomic E-state index is 0.178. The zero-order valence-electron chi connectivity index (χ0n) is 15.8. The predicted octanol–water partition coefficient (Wildman–Crippen LogP) is 6.34. The van der Waals surface area contributed by atoms with Gasteiger partial charge in [0.25, 0.3) is 0 Å². The number of methoxy groups -OCH3 is 1. The van der Waals surface area contributed by atoms with Crippen LogP contribution in [0.15, 0.2) is 30.3 Å². The molecule has 0 radical (unpaired) electrons. The zero-order valence-corrected chi connectivity index (χ0v) is 15.8. The van der Waals surface area contributed by atoms with E-state index in [9.17, 15) is 0 Å². The predicted molar refractivity (Wildman–Crippen MR) is 101 cm³/mol. The molecule has 0 saturated heterocycles. The van der Waals surface area contributed by atoms with Crippen LogP contribution in [0.2, 0.25) is 0 Å². The lowest BCUT2D eigenvalue weighted by Crippen LogP contribution is -2.45. The molecule has 0 heterocycles. The van der Waals surface area contributed by atoms with E-state index in [2.05, 4.69) is 51.1 Å². The first-order valence-electron chi connectivity index (χ1n) is 9.75. The molecule has 1 aromatic carbocycles. The molecule has 24 heavy (non-hydrogen) atoms. The number of benzene rings is 1. The van der Waals surface area contributed by atoms with Crippen LogP contribution in [0.25, 0.3) is 5.57 Å². The highest BCUT2D eigenvalue weighted by Gasteiger charge is 2.50. The summed E-state index contributed by atoms with van der Waals surface area (Å²) in [5, 5.41) is 0. The van der Waals surface area contributed by atoms with Crippen LogP contribution in [-0.4, -0.2) is 7.11 Å². The van der Waals surface area contributed by atoms with Gasteiger partial charge in [0.2, 0.25) is 0 Å². The number of hydrogen-bond donors (Lipinski definition) is 0. The van der Waals surface area contributed by atoms with Crippen LogP contribution < -0.4 is 4.74 Å². The number of ether oxygens (including phenoxy) is 1. The fourth-order valence-corrected chi connectivity index (χ4v) is 6.16. The van der Waals surface area contributed by atoms with Crippen LogP contribution in [0.3, 0.4) is 0 Å². The molecule has 1 aromatic rings. The molecule has 0 spiro atoms. The quantitative estimate of drug-likeness (QED) is 0.630. The fraction of sp³-hybridized carbons (Fsp3) is 0.652. The van der Waals surface area contributed by atoms with Crippen LogP contribution in [0.1, 0.15) is 64.9 Å². The summed E-state index contributed by atoms with van der Waals surface area (Å²) in [4.78, 5) is 0. The minimum Gasteiger partial charge on any atom is -0.497 e. The van der Waals surface area contributed by atoms with Gasteiger partial charge in [-0.2, -0.15) is 0 Å². The Morgan fingerprint density at radius 1 is 0.958 bits per heavy atom. The molecule has 0 amide bonds. The van der Waals surface area contributed by atoms with Crippen LogP contribution >= 0.6 is 0 Å². The molecule has 5 rings (SSSR count). The van der Waals surface area contributed by atoms with Crippen molar-refractivity contribution >= 4 is 5.57 Å². The Labute approximate surface area is 147 Å². The minimum atomic E-state index is 0.178. The summed E-state index contributed by atoms with van der Waals surface area (Å²) in [7, 11) is 1.74. The van der Waals surface area contributed by atoms with Gasteiger partial charge < -0.3 is 4.74 Å². The van der Waals surface area contributed by atoms with Crippen LogP contribution in [0, 0.1) is 28.6 Å². The molecular weight excluding hydrogens is 292 g/mol. The molecule has 4 bridgehead atoms. The molecule has 4 fully saturated rings. The standard InChI is InChI=1S/C23H32O/c1-22(2,3)21(19-5-7-20(24-4)8-6-19)15-23-12-16-9-17(13-23)11-18(10-16)14-23/h5-8,15-18H,9-14H2,1-4H3/b21-15+. The molecular formula is C23H32O. The number of hydrogen-bond acceptors (Lipinski definition) is 1. The number of rotatable bonds is 3. The Balaban J connectivity index is 1.72. The van der Waals surface area contributed by atoms with E-state index in [0.29, 0.717) is 5.41 Å². The largest absolute Gasteiger partial charge is 0.497 e. The van der Waals surface area contributed by atoms with E-state index in [4.69, 9.17) is 4.74 Å². The van der Waals surface area contributed by atoms with Crippen LogP contribution in [-0.2, 0) is 0 Å². The highest BCUT2D eigenvalue weighted by molar-refractivity contribution is 5.70. The van der Waals surface area contributed by atoms with Gasteiger partial charge in [-0.3, -0.25) is 0 Å². The second-order valence-corrected chi connectivity index (χ2v) is 9.82. The second kappa shape index (κ2) is 5.64. The molecule has 0 aliphatic heterocycles. The molecule has 0 aromatic heterocycles. The first-order valence-corrected chi connectivity index (χ1v) is 9.75. The van der Waals surface area contributed by atoms with Crippen LogP contribution in [0.4, 0.5) is 0 Å². The van der Waals surface area contributed by atoms with Crippen molar-refractivity contribution in [2.45, 2.75) is 59.3 Å². The summed E-state index contributed by atoms with van der Waals surface area (Å²) >= 11 is 0. The Bertz CT molecular complexity index is 594. The third-order valence-electron chi connectivity index (χ3n) is 6.75. The van der Waals surface area contributed by atoms with Gasteiger partial charge in [-0.15, -0.1) is 0 Å². The normalized spacial score (nSPS) is 35.3. The smallest absolute Gasteiger partial charge is 0.118 e. The topological polar surface area (TPSA) is 9.23 Å². The maximum absolute atomic E-state index is 5.35. The summed E-state index contributed by atoms with van der Waals surface area (Å²) in [5.41, 5.74) is 3.57. The average molecular weight is 325 g/mol. The van der Waals surface area contributed by atoms with Gasteiger partial charge in [0.15, 0.2) is 0 Å². The first kappa shape index (κ1) is 16.2. The van der Waals surface area contributed by atoms with E-state index in [1.165, 1.54) is 49.7 Å². The van der Waals surface area contributed by atoms with Crippen molar-refractivity contribution in [1.29, 1.82) is 0 Å². The van der Waals surface area contributed by atoms with Crippen molar-refractivity contribution in [3.05, 3.63) is 35.9 Å². The van der Waals surface area contributed by atoms with Gasteiger partial charge in [0.05, 0.1) is 7.11 Å². The summed E-state index contributed by atoms with van der Waals surface area (Å²) in [5.74, 6) is 3.96. The van der Waals surface area contributed by atoms with Gasteiger partial charge in [0, 0.05) is 0 Å². The van der Waals surface area contributed by atoms with Crippen molar-refractivity contribution in [2.75, 3.05) is 7.11 Å². The van der Waals surface area contributed by atoms with Gasteiger partial charge >= 0.3 is 0 Å². The summed E-state index contributed by atoms with van der Waals surface area (Å²) in [6.07, 6.45) is 11.6. The summed E-state index contributed by atoms with van der Waals surface area (Å²) in [6, 6.07) is 8.70. The second-order valence-electron chi connectivity index (χ2n) is 9.82. The monoisotopic (exact) mass is 324 g/mol. The van der Waals surface area contributed by atoms with Gasteiger partial charge in [-0.05, 0) is 90.4 Å². The van der Waals surface area contributed by atoms with Crippen molar-refractivity contribution in [3.63, 3.8) is 0 Å². The maximum atomic E-state index is 5.35. The van der Waals surface area contributed by atoms with E-state index in [0.717, 1.165) is 23.5 Å². The third-order valence-corrected chi connectivity index (χ3v) is 6.75. The van der Waals surface area contributed by atoms with Crippen molar-refractivity contribution < 1.29 is 4.74 Å². The number of allylic oxidation sites excluding steroid dienone is 2. The molecule has 4 aliphatic carbocycles. The van der Waals surface area contributed by atoms with Crippen molar-refractivity contribution in [3.8, 4) is 5.75 Å². The molecule has 130 valence electrons. The lowest BCUT2D eigenvalue weighted by Gasteiger charge is -2.56. The summed E-state index contributed by atoms with van der Waals surface area (Å²) in [6.45, 7) is 7.09. The first-order chi connectivity index (χ1) is 11.4. The van der Waals surface area contributed by atoms with Crippen molar-refractivity contribution in [2.24, 2.45) is 28.6 Å². The zero-order chi connectivity index (χ0) is 16.9. The van der Waals surface area contributed by atoms with E-state index < -0.39 is 0 Å². The Morgan fingerprint density at radius 2 is 1.46 bits per heavy atom. The van der Waals surface area contributed by atoms with E-state index >= 15 is 0 Å². The van der Waals surface area contributed by atoms with Gasteiger partial charge in [-0.1, -0.05) is 39.0 Å². The Hall–Kier alpha value is -1.24. The van der Waals surface area contributed by atoms with Gasteiger partial charge in [-0.25, -0.2) is 0 Å². The fourth-order valence-electron chi connectivity index (χ4n) is 6.16. The average Bonchev–Trinajstić information content (AvgIpc) is 2.50. The highest BCUT2D eigenvalue weighted by Crippen LogP contribution is 2.61. The molecule has 0 unspecified atom stereocenters. The van der Waals surface area contributed by atoms with Crippen LogP contribution in [0.5, 0.6) is 5.75 Å². The molecule has 4 saturated carbocycles. The van der Waals surface area contributed by atoms with Gasteiger partial charge in [0.1, 0.15) is 5.75 Å². The lowest BCUT2D eigenvalue weighted by atomic mass is 9.49. The van der Waals surface area contributed by atoms with E-state index in [1.807, 2.05) is 0 Å². The van der Waals surface area contributed by atoms with E-state index in [1.54, 1.807) is 7.11 Å². The van der Waals surface area contributed by atoms with Crippen molar-refractivity contribution in [1.82, 2.24) is 0 Å². The molecule has 0 N–H and O–H groups in total. The summed E-state index contributed by atoms with van der Waals surface area (Å²) < 4.78 is 5.35. The Kier molecular flexibility index (Phi) is 3.82. The molecule has 1 heteroatoms. The lowest BCUT2D eigenvalue weighted by molar-refractivity contribution is -0.0237. The molecule has 4 aliphatic rings. The highest BCUT2D eigenvalue weighted by atomic mass is 16.5. The Morgan fingerprint density at radius 3 is 1.88 bits per heavy atom. The maximum Gasteiger partial charge on any atom is 0.118 e. The molecule has 0 atom stereocenters. The SMILES string of the molecule is COc1ccc(/C(=C\C23CC4CC(CC(C4)C2)C3)C(C)(C)C)cc1.